The lowest BCUT2D eigenvalue weighted by Gasteiger charge is -2.45. The van der Waals surface area contributed by atoms with E-state index in [-0.39, 0.29) is 31.2 Å². The number of rotatable bonds is 3. The maximum atomic E-state index is 13.9. The van der Waals surface area contributed by atoms with Crippen LogP contribution in [-0.4, -0.2) is 40.8 Å². The van der Waals surface area contributed by atoms with Crippen LogP contribution in [0.3, 0.4) is 0 Å². The molecule has 0 radical (unpaired) electrons. The van der Waals surface area contributed by atoms with Crippen molar-refractivity contribution in [2.24, 2.45) is 0 Å². The van der Waals surface area contributed by atoms with Crippen LogP contribution in [0.25, 0.3) is 11.1 Å². The van der Waals surface area contributed by atoms with Crippen molar-refractivity contribution in [2.75, 3.05) is 19.7 Å². The van der Waals surface area contributed by atoms with Crippen molar-refractivity contribution in [1.29, 1.82) is 0 Å². The number of carbonyl (C=O) groups excluding carboxylic acids is 1. The van der Waals surface area contributed by atoms with Crippen LogP contribution < -0.4 is 0 Å². The topological polar surface area (TPSA) is 62.7 Å². The molecule has 5 nitrogen and oxygen atoms in total. The molecule has 146 valence electrons. The summed E-state index contributed by atoms with van der Waals surface area (Å²) in [5, 5.41) is 10.6. The number of hydrogen-bond acceptors (Lipinski definition) is 4. The number of pyridine rings is 1. The first-order valence-electron chi connectivity index (χ1n) is 9.50. The van der Waals surface area contributed by atoms with Gasteiger partial charge in [0.25, 0.3) is 0 Å². The first kappa shape index (κ1) is 17.8. The molecule has 2 heterocycles. The van der Waals surface area contributed by atoms with Crippen molar-refractivity contribution in [3.05, 3.63) is 89.5 Å². The number of likely N-dealkylation sites (tertiary alicyclic amines) is 1. The summed E-state index contributed by atoms with van der Waals surface area (Å²) in [4.78, 5) is 17.4. The summed E-state index contributed by atoms with van der Waals surface area (Å²) >= 11 is 0. The minimum Gasteiger partial charge on any atom is -0.448 e. The van der Waals surface area contributed by atoms with E-state index in [0.29, 0.717) is 0 Å². The lowest BCUT2D eigenvalue weighted by Crippen LogP contribution is -2.61. The normalized spacial score (nSPS) is 16.7. The third-order valence-corrected chi connectivity index (χ3v) is 5.76. The predicted molar refractivity (Wildman–Crippen MR) is 105 cm³/mol. The molecule has 0 saturated carbocycles. The van der Waals surface area contributed by atoms with Crippen LogP contribution in [0.15, 0.2) is 66.9 Å². The van der Waals surface area contributed by atoms with E-state index in [2.05, 4.69) is 29.2 Å². The summed E-state index contributed by atoms with van der Waals surface area (Å²) in [7, 11) is 0. The molecule has 2 aromatic carbocycles. The second kappa shape index (κ2) is 6.67. The number of hydrogen-bond donors (Lipinski definition) is 1. The number of benzene rings is 2. The van der Waals surface area contributed by atoms with E-state index in [4.69, 9.17) is 4.74 Å². The summed E-state index contributed by atoms with van der Waals surface area (Å²) in [6, 6.07) is 19.3. The molecule has 2 aliphatic rings. The average molecular weight is 390 g/mol. The fraction of sp³-hybridized carbons (Fsp3) is 0.217. The molecule has 1 amide bonds. The Kier molecular flexibility index (Phi) is 4.10. The molecule has 0 unspecified atom stereocenters. The molecule has 1 N–H and O–H groups in total. The summed E-state index contributed by atoms with van der Waals surface area (Å²) in [5.41, 5.74) is 3.27. The zero-order valence-electron chi connectivity index (χ0n) is 15.6. The number of aliphatic hydroxyl groups is 1. The van der Waals surface area contributed by atoms with Gasteiger partial charge in [0.15, 0.2) is 0 Å². The van der Waals surface area contributed by atoms with Gasteiger partial charge in [-0.1, -0.05) is 48.5 Å². The Hall–Kier alpha value is -3.25. The van der Waals surface area contributed by atoms with Gasteiger partial charge in [-0.3, -0.25) is 0 Å². The SMILES string of the molecule is O=C(OCC1c2ccccc2-c2ccccc21)N1CC(O)(c2cccnc2F)C1. The van der Waals surface area contributed by atoms with Crippen molar-refractivity contribution in [3.63, 3.8) is 0 Å². The van der Waals surface area contributed by atoms with Gasteiger partial charge in [0.2, 0.25) is 5.95 Å². The third kappa shape index (κ3) is 2.87. The molecule has 6 heteroatoms. The largest absolute Gasteiger partial charge is 0.448 e. The predicted octanol–water partition coefficient (Wildman–Crippen LogP) is 3.67. The molecule has 1 aliphatic heterocycles. The van der Waals surface area contributed by atoms with Gasteiger partial charge in [-0.05, 0) is 34.4 Å². The molecule has 0 bridgehead atoms. The number of ether oxygens (including phenoxy) is 1. The highest BCUT2D eigenvalue weighted by Crippen LogP contribution is 2.44. The zero-order chi connectivity index (χ0) is 20.0. The van der Waals surface area contributed by atoms with Crippen LogP contribution in [0.1, 0.15) is 22.6 Å². The van der Waals surface area contributed by atoms with Crippen molar-refractivity contribution in [3.8, 4) is 11.1 Å². The van der Waals surface area contributed by atoms with Gasteiger partial charge in [-0.2, -0.15) is 4.39 Å². The van der Waals surface area contributed by atoms with E-state index in [1.165, 1.54) is 17.2 Å². The molecule has 1 saturated heterocycles. The summed E-state index contributed by atoms with van der Waals surface area (Å²) < 4.78 is 19.4. The van der Waals surface area contributed by atoms with Crippen LogP contribution in [-0.2, 0) is 10.3 Å². The lowest BCUT2D eigenvalue weighted by atomic mass is 9.87. The van der Waals surface area contributed by atoms with Gasteiger partial charge in [-0.15, -0.1) is 0 Å². The molecule has 0 spiro atoms. The van der Waals surface area contributed by atoms with Gasteiger partial charge in [0, 0.05) is 17.7 Å². The second-order valence-electron chi connectivity index (χ2n) is 7.53. The fourth-order valence-corrected chi connectivity index (χ4v) is 4.30. The number of nitrogens with zero attached hydrogens (tertiary/aromatic N) is 2. The number of amides is 1. The van der Waals surface area contributed by atoms with Crippen LogP contribution in [0.2, 0.25) is 0 Å². The Labute approximate surface area is 167 Å². The highest BCUT2D eigenvalue weighted by molar-refractivity contribution is 5.79. The number of aromatic nitrogens is 1. The van der Waals surface area contributed by atoms with Crippen LogP contribution in [0, 0.1) is 5.95 Å². The van der Waals surface area contributed by atoms with Crippen molar-refractivity contribution < 1.29 is 19.0 Å². The Morgan fingerprint density at radius 3 is 2.31 bits per heavy atom. The van der Waals surface area contributed by atoms with Gasteiger partial charge in [0.05, 0.1) is 13.1 Å². The number of fused-ring (bicyclic) bond motifs is 3. The van der Waals surface area contributed by atoms with Crippen LogP contribution in [0.5, 0.6) is 0 Å². The molecule has 1 aromatic heterocycles. The molecule has 3 aromatic rings. The van der Waals surface area contributed by atoms with Crippen LogP contribution in [0.4, 0.5) is 9.18 Å². The van der Waals surface area contributed by atoms with E-state index in [1.54, 1.807) is 6.07 Å². The van der Waals surface area contributed by atoms with E-state index in [9.17, 15) is 14.3 Å². The lowest BCUT2D eigenvalue weighted by molar-refractivity contribution is -0.0966. The smallest absolute Gasteiger partial charge is 0.410 e. The van der Waals surface area contributed by atoms with E-state index < -0.39 is 17.6 Å². The summed E-state index contributed by atoms with van der Waals surface area (Å²) in [6.07, 6.45) is 0.810. The number of carbonyl (C=O) groups is 1. The van der Waals surface area contributed by atoms with E-state index in [1.807, 2.05) is 24.3 Å². The number of halogens is 1. The van der Waals surface area contributed by atoms with Crippen molar-refractivity contribution in [1.82, 2.24) is 9.88 Å². The quantitative estimate of drug-likeness (QED) is 0.693. The monoisotopic (exact) mass is 390 g/mol. The maximum Gasteiger partial charge on any atom is 0.410 e. The third-order valence-electron chi connectivity index (χ3n) is 5.76. The van der Waals surface area contributed by atoms with Gasteiger partial charge < -0.3 is 14.7 Å². The zero-order valence-corrected chi connectivity index (χ0v) is 15.6. The minimum absolute atomic E-state index is 0.0215. The van der Waals surface area contributed by atoms with Gasteiger partial charge in [-0.25, -0.2) is 9.78 Å². The van der Waals surface area contributed by atoms with Crippen LogP contribution >= 0.6 is 0 Å². The average Bonchev–Trinajstić information content (AvgIpc) is 3.04. The Morgan fingerprint density at radius 2 is 1.69 bits per heavy atom. The number of β-amino-alcohol motifs (C(OH)–C–C–N with tert-alkyl or cyclic N) is 1. The minimum atomic E-state index is -1.43. The molecule has 1 aliphatic carbocycles. The molecular weight excluding hydrogens is 371 g/mol. The summed E-state index contributed by atoms with van der Waals surface area (Å²) in [5.74, 6) is -0.746. The molecular formula is C23H19FN2O3. The van der Waals surface area contributed by atoms with E-state index >= 15 is 0 Å². The Bertz CT molecular complexity index is 1050. The van der Waals surface area contributed by atoms with E-state index in [0.717, 1.165) is 22.3 Å². The van der Waals surface area contributed by atoms with Crippen molar-refractivity contribution in [2.45, 2.75) is 11.5 Å². The molecule has 5 rings (SSSR count). The Morgan fingerprint density at radius 1 is 1.07 bits per heavy atom. The fourth-order valence-electron chi connectivity index (χ4n) is 4.30. The summed E-state index contributed by atoms with van der Waals surface area (Å²) in [6.45, 7) is 0.168. The van der Waals surface area contributed by atoms with Crippen molar-refractivity contribution >= 4 is 6.09 Å². The first-order chi connectivity index (χ1) is 14.1. The highest BCUT2D eigenvalue weighted by Gasteiger charge is 2.47. The highest BCUT2D eigenvalue weighted by atomic mass is 19.1. The molecule has 29 heavy (non-hydrogen) atoms. The molecule has 0 atom stereocenters. The first-order valence-corrected chi connectivity index (χ1v) is 9.50. The van der Waals surface area contributed by atoms with Gasteiger partial charge in [0.1, 0.15) is 12.2 Å². The maximum absolute atomic E-state index is 13.9. The second-order valence-corrected chi connectivity index (χ2v) is 7.53. The Balaban J connectivity index is 1.27. The van der Waals surface area contributed by atoms with Gasteiger partial charge >= 0.3 is 6.09 Å². The standard InChI is InChI=1S/C23H19FN2O3/c24-21-20(10-5-11-25-21)23(28)13-26(14-23)22(27)29-12-19-17-8-3-1-6-15(17)16-7-2-4-9-18(16)19/h1-11,19,28H,12-14H2. The molecule has 1 fully saturated rings.